The molecule has 2 aliphatic rings. The Morgan fingerprint density at radius 3 is 2.81 bits per heavy atom. The maximum atomic E-state index is 14.0. The van der Waals surface area contributed by atoms with Crippen LogP contribution >= 0.6 is 0 Å². The van der Waals surface area contributed by atoms with Crippen LogP contribution in [0.5, 0.6) is 0 Å². The molecule has 0 spiro atoms. The van der Waals surface area contributed by atoms with Gasteiger partial charge in [0, 0.05) is 30.7 Å². The number of carbonyl (C=O) groups is 1. The van der Waals surface area contributed by atoms with Crippen molar-refractivity contribution in [2.24, 2.45) is 5.92 Å². The molecule has 6 nitrogen and oxygen atoms in total. The number of halogens is 2. The van der Waals surface area contributed by atoms with E-state index in [0.717, 1.165) is 12.8 Å². The van der Waals surface area contributed by atoms with Gasteiger partial charge in [-0.25, -0.2) is 18.7 Å². The maximum Gasteiger partial charge on any atom is 0.258 e. The molecule has 144 valence electrons. The molecule has 3 heterocycles. The zero-order chi connectivity index (χ0) is 19.3. The number of anilines is 1. The standard InChI is InChI=1S/C19H23F2N5O/c1-4-14(27)26-8-12(6-5-10(26)2)25-18-15-13(16-11(3)19(16,20)21)7-22-17(15)23-9-24-18/h4,7,9-12,16H,1,5-6,8H2,2-3H3,(H2,22,23,24,25)/t10-,11-,12+,16-/m0/s1. The lowest BCUT2D eigenvalue weighted by Crippen LogP contribution is -2.49. The van der Waals surface area contributed by atoms with E-state index in [1.54, 1.807) is 18.0 Å². The predicted molar refractivity (Wildman–Crippen MR) is 98.8 cm³/mol. The Bertz CT molecular complexity index is 895. The van der Waals surface area contributed by atoms with Gasteiger partial charge in [-0.15, -0.1) is 0 Å². The fourth-order valence-corrected chi connectivity index (χ4v) is 4.14. The fraction of sp³-hybridized carbons (Fsp3) is 0.526. The topological polar surface area (TPSA) is 73.9 Å². The summed E-state index contributed by atoms with van der Waals surface area (Å²) in [5.41, 5.74) is 1.09. The number of carbonyl (C=O) groups excluding carboxylic acids is 1. The summed E-state index contributed by atoms with van der Waals surface area (Å²) in [6.07, 6.45) is 6.07. The minimum atomic E-state index is -2.70. The van der Waals surface area contributed by atoms with Crippen molar-refractivity contribution < 1.29 is 13.6 Å². The number of alkyl halides is 2. The molecule has 4 rings (SSSR count). The Morgan fingerprint density at radius 2 is 2.15 bits per heavy atom. The number of aromatic nitrogens is 3. The first-order valence-electron chi connectivity index (χ1n) is 9.24. The predicted octanol–water partition coefficient (Wildman–Crippen LogP) is 3.30. The molecule has 2 N–H and O–H groups in total. The molecule has 1 saturated carbocycles. The average Bonchev–Trinajstić information content (AvgIpc) is 2.97. The van der Waals surface area contributed by atoms with Gasteiger partial charge in [-0.1, -0.05) is 13.5 Å². The van der Waals surface area contributed by atoms with Gasteiger partial charge in [0.2, 0.25) is 5.91 Å². The lowest BCUT2D eigenvalue weighted by atomic mass is 9.99. The molecule has 0 aromatic carbocycles. The van der Waals surface area contributed by atoms with Crippen molar-refractivity contribution in [2.75, 3.05) is 11.9 Å². The van der Waals surface area contributed by atoms with Crippen LogP contribution in [0.15, 0.2) is 25.2 Å². The molecule has 1 aliphatic carbocycles. The van der Waals surface area contributed by atoms with E-state index in [0.29, 0.717) is 29.0 Å². The quantitative estimate of drug-likeness (QED) is 0.804. The summed E-state index contributed by atoms with van der Waals surface area (Å²) in [5, 5.41) is 3.98. The van der Waals surface area contributed by atoms with E-state index in [-0.39, 0.29) is 18.0 Å². The van der Waals surface area contributed by atoms with Gasteiger partial charge in [0.15, 0.2) is 0 Å². The van der Waals surface area contributed by atoms with Crippen molar-refractivity contribution in [3.05, 3.63) is 30.7 Å². The van der Waals surface area contributed by atoms with Crippen LogP contribution in [0.1, 0.15) is 38.2 Å². The molecular weight excluding hydrogens is 352 g/mol. The van der Waals surface area contributed by atoms with Gasteiger partial charge in [0.25, 0.3) is 5.92 Å². The maximum absolute atomic E-state index is 14.0. The van der Waals surface area contributed by atoms with Gasteiger partial charge in [0.1, 0.15) is 17.8 Å². The Hall–Kier alpha value is -2.51. The van der Waals surface area contributed by atoms with Crippen molar-refractivity contribution in [2.45, 2.75) is 50.6 Å². The number of aromatic amines is 1. The smallest absolute Gasteiger partial charge is 0.258 e. The number of rotatable bonds is 4. The Morgan fingerprint density at radius 1 is 1.41 bits per heavy atom. The fourth-order valence-electron chi connectivity index (χ4n) is 4.14. The van der Waals surface area contributed by atoms with E-state index in [2.05, 4.69) is 26.8 Å². The SMILES string of the molecule is C=CC(=O)N1C[C@H](Nc2ncnc3[nH]cc([C@@H]4[C@H](C)C4(F)F)c23)CC[C@@H]1C. The summed E-state index contributed by atoms with van der Waals surface area (Å²) in [6, 6.07) is 0.135. The van der Waals surface area contributed by atoms with Gasteiger partial charge in [-0.2, -0.15) is 0 Å². The molecule has 27 heavy (non-hydrogen) atoms. The van der Waals surface area contributed by atoms with Crippen molar-refractivity contribution in [3.8, 4) is 0 Å². The van der Waals surface area contributed by atoms with Crippen LogP contribution < -0.4 is 5.32 Å². The lowest BCUT2D eigenvalue weighted by Gasteiger charge is -2.38. The number of H-pyrrole nitrogens is 1. The van der Waals surface area contributed by atoms with Crippen molar-refractivity contribution in [1.29, 1.82) is 0 Å². The molecule has 0 unspecified atom stereocenters. The average molecular weight is 375 g/mol. The van der Waals surface area contributed by atoms with E-state index in [9.17, 15) is 13.6 Å². The van der Waals surface area contributed by atoms with Crippen molar-refractivity contribution in [3.63, 3.8) is 0 Å². The molecular formula is C19H23F2N5O. The van der Waals surface area contributed by atoms with Crippen LogP contribution in [0.25, 0.3) is 11.0 Å². The third kappa shape index (κ3) is 2.87. The van der Waals surface area contributed by atoms with Crippen LogP contribution in [0.3, 0.4) is 0 Å². The number of likely N-dealkylation sites (tertiary alicyclic amines) is 1. The summed E-state index contributed by atoms with van der Waals surface area (Å²) < 4.78 is 27.9. The molecule has 2 fully saturated rings. The highest BCUT2D eigenvalue weighted by Crippen LogP contribution is 2.62. The van der Waals surface area contributed by atoms with E-state index in [4.69, 9.17) is 0 Å². The minimum absolute atomic E-state index is 0.0110. The second kappa shape index (κ2) is 6.28. The molecule has 1 aliphatic heterocycles. The highest BCUT2D eigenvalue weighted by atomic mass is 19.3. The van der Waals surface area contributed by atoms with E-state index in [1.165, 1.54) is 12.4 Å². The Balaban J connectivity index is 1.62. The molecule has 2 aromatic heterocycles. The van der Waals surface area contributed by atoms with Crippen LogP contribution in [-0.4, -0.2) is 50.3 Å². The summed E-state index contributed by atoms with van der Waals surface area (Å²) in [6.45, 7) is 7.66. The largest absolute Gasteiger partial charge is 0.365 e. The normalized spacial score (nSPS) is 29.6. The van der Waals surface area contributed by atoms with Crippen LogP contribution in [0.2, 0.25) is 0 Å². The summed E-state index contributed by atoms with van der Waals surface area (Å²) in [5.74, 6) is -3.77. The number of hydrogen-bond donors (Lipinski definition) is 2. The van der Waals surface area contributed by atoms with E-state index < -0.39 is 17.8 Å². The van der Waals surface area contributed by atoms with Gasteiger partial charge < -0.3 is 15.2 Å². The number of piperidine rings is 1. The number of amides is 1. The van der Waals surface area contributed by atoms with Gasteiger partial charge in [-0.05, 0) is 31.4 Å². The molecule has 1 amide bonds. The van der Waals surface area contributed by atoms with Gasteiger partial charge in [-0.3, -0.25) is 4.79 Å². The molecule has 0 radical (unpaired) electrons. The third-order valence-electron chi connectivity index (χ3n) is 5.93. The van der Waals surface area contributed by atoms with E-state index in [1.807, 2.05) is 6.92 Å². The van der Waals surface area contributed by atoms with Crippen LogP contribution in [-0.2, 0) is 4.79 Å². The highest BCUT2D eigenvalue weighted by Gasteiger charge is 2.66. The van der Waals surface area contributed by atoms with Crippen molar-refractivity contribution >= 4 is 22.8 Å². The summed E-state index contributed by atoms with van der Waals surface area (Å²) in [4.78, 5) is 25.3. The summed E-state index contributed by atoms with van der Waals surface area (Å²) >= 11 is 0. The van der Waals surface area contributed by atoms with E-state index >= 15 is 0 Å². The highest BCUT2D eigenvalue weighted by molar-refractivity contribution is 5.91. The molecule has 4 atom stereocenters. The molecule has 1 saturated heterocycles. The first-order valence-corrected chi connectivity index (χ1v) is 9.24. The number of hydrogen-bond acceptors (Lipinski definition) is 4. The molecule has 2 aromatic rings. The monoisotopic (exact) mass is 375 g/mol. The van der Waals surface area contributed by atoms with Gasteiger partial charge in [0.05, 0.1) is 11.3 Å². The Kier molecular flexibility index (Phi) is 4.16. The third-order valence-corrected chi connectivity index (χ3v) is 5.93. The van der Waals surface area contributed by atoms with Crippen molar-refractivity contribution in [1.82, 2.24) is 19.9 Å². The molecule has 0 bridgehead atoms. The van der Waals surface area contributed by atoms with Crippen LogP contribution in [0, 0.1) is 5.92 Å². The number of nitrogens with zero attached hydrogens (tertiary/aromatic N) is 3. The zero-order valence-corrected chi connectivity index (χ0v) is 15.4. The zero-order valence-electron chi connectivity index (χ0n) is 15.4. The summed E-state index contributed by atoms with van der Waals surface area (Å²) in [7, 11) is 0. The number of fused-ring (bicyclic) bond motifs is 1. The first kappa shape index (κ1) is 17.9. The first-order chi connectivity index (χ1) is 12.8. The Labute approximate surface area is 156 Å². The number of nitrogens with one attached hydrogen (secondary N) is 2. The second-order valence-corrected chi connectivity index (χ2v) is 7.59. The molecule has 8 heteroatoms. The van der Waals surface area contributed by atoms with Crippen LogP contribution in [0.4, 0.5) is 14.6 Å². The second-order valence-electron chi connectivity index (χ2n) is 7.59. The minimum Gasteiger partial charge on any atom is -0.365 e. The van der Waals surface area contributed by atoms with Gasteiger partial charge >= 0.3 is 0 Å². The lowest BCUT2D eigenvalue weighted by molar-refractivity contribution is -0.129.